The average Bonchev–Trinajstić information content (AvgIpc) is 2.75. The van der Waals surface area contributed by atoms with Gasteiger partial charge in [-0.25, -0.2) is 18.6 Å². The van der Waals surface area contributed by atoms with Gasteiger partial charge in [-0.15, -0.1) is 21.6 Å². The van der Waals surface area contributed by atoms with Gasteiger partial charge in [-0.3, -0.25) is 0 Å². The highest BCUT2D eigenvalue weighted by Gasteiger charge is 2.07. The third-order valence-corrected chi connectivity index (χ3v) is 3.44. The van der Waals surface area contributed by atoms with Crippen LogP contribution in [0.4, 0.5) is 0 Å². The zero-order valence-corrected chi connectivity index (χ0v) is 11.5. The summed E-state index contributed by atoms with van der Waals surface area (Å²) in [7, 11) is -4.94. The second-order valence-corrected chi connectivity index (χ2v) is 5.57. The van der Waals surface area contributed by atoms with E-state index in [9.17, 15) is 0 Å². The number of hydrogen-bond acceptors (Lipinski definition) is 5. The summed E-state index contributed by atoms with van der Waals surface area (Å²) >= 11 is 1.80. The Hall–Kier alpha value is -1.28. The van der Waals surface area contributed by atoms with Crippen molar-refractivity contribution in [2.24, 2.45) is 0 Å². The van der Waals surface area contributed by atoms with E-state index in [4.69, 9.17) is 18.6 Å². The lowest BCUT2D eigenvalue weighted by Crippen LogP contribution is -2.68. The highest BCUT2D eigenvalue weighted by Crippen LogP contribution is 2.23. The van der Waals surface area contributed by atoms with Crippen molar-refractivity contribution in [1.82, 2.24) is 0 Å². The van der Waals surface area contributed by atoms with E-state index in [0.29, 0.717) is 0 Å². The largest absolute Gasteiger partial charge is 0.228 e. The summed E-state index contributed by atoms with van der Waals surface area (Å²) in [5.41, 5.74) is 2.61. The van der Waals surface area contributed by atoms with Gasteiger partial charge in [0.2, 0.25) is 5.52 Å². The molecule has 0 bridgehead atoms. The number of aryl methyl sites for hydroxylation is 1. The molecule has 0 saturated heterocycles. The first-order valence-corrected chi connectivity index (χ1v) is 7.35. The number of hydrogen-bond donors (Lipinski definition) is 0. The van der Waals surface area contributed by atoms with Crippen molar-refractivity contribution < 1.29 is 33.3 Å². The van der Waals surface area contributed by atoms with E-state index >= 15 is 0 Å². The lowest BCUT2D eigenvalue weighted by molar-refractivity contribution is -2.00. The fourth-order valence-electron chi connectivity index (χ4n) is 1.75. The fourth-order valence-corrected chi connectivity index (χ4v) is 2.66. The first-order chi connectivity index (χ1) is 8.84. The maximum Gasteiger partial charge on any atom is 0.228 e. The average molecular weight is 300 g/mol. The van der Waals surface area contributed by atoms with Crippen molar-refractivity contribution in [2.45, 2.75) is 6.92 Å². The highest BCUT2D eigenvalue weighted by molar-refractivity contribution is 7.18. The Labute approximate surface area is 115 Å². The molecule has 0 amide bonds. The zero-order valence-electron chi connectivity index (χ0n) is 9.91. The Kier molecular flexibility index (Phi) is 4.00. The molecule has 0 aromatic carbocycles. The molecule has 0 saturated carbocycles. The van der Waals surface area contributed by atoms with Crippen LogP contribution in [0.25, 0.3) is 15.6 Å². The molecule has 0 radical (unpaired) electrons. The van der Waals surface area contributed by atoms with Crippen LogP contribution in [0.1, 0.15) is 5.56 Å². The first kappa shape index (κ1) is 14.1. The Morgan fingerprint density at radius 3 is 2.37 bits per heavy atom. The lowest BCUT2D eigenvalue weighted by Gasteiger charge is -2.17. The summed E-state index contributed by atoms with van der Waals surface area (Å²) in [5, 5.41) is 3.48. The van der Waals surface area contributed by atoms with Crippen LogP contribution in [0.15, 0.2) is 42.0 Å². The summed E-state index contributed by atoms with van der Waals surface area (Å²) in [6.45, 7) is 2.13. The molecule has 0 N–H and O–H groups in total. The number of aromatic nitrogens is 1. The zero-order chi connectivity index (χ0) is 14.0. The van der Waals surface area contributed by atoms with Gasteiger partial charge in [-0.2, -0.15) is 4.40 Å². The van der Waals surface area contributed by atoms with Crippen LogP contribution in [0.2, 0.25) is 0 Å². The van der Waals surface area contributed by atoms with Crippen LogP contribution >= 0.6 is 11.3 Å². The van der Waals surface area contributed by atoms with Gasteiger partial charge in [-0.05, 0) is 23.9 Å². The predicted molar refractivity (Wildman–Crippen MR) is 59.7 cm³/mol. The smallest absolute Gasteiger partial charge is 0.222 e. The predicted octanol–water partition coefficient (Wildman–Crippen LogP) is -1.81. The highest BCUT2D eigenvalue weighted by atomic mass is 35.7. The molecular weight excluding hydrogens is 290 g/mol. The van der Waals surface area contributed by atoms with Crippen LogP contribution in [-0.2, 0) is 0 Å². The van der Waals surface area contributed by atoms with E-state index in [1.165, 1.54) is 21.2 Å². The van der Waals surface area contributed by atoms with Crippen LogP contribution in [0.5, 0.6) is 0 Å². The van der Waals surface area contributed by atoms with E-state index < -0.39 is 10.2 Å². The Bertz CT molecular complexity index is 702. The molecule has 19 heavy (non-hydrogen) atoms. The van der Waals surface area contributed by atoms with E-state index in [1.807, 2.05) is 0 Å². The minimum absolute atomic E-state index is 1.30. The Morgan fingerprint density at radius 1 is 1.05 bits per heavy atom. The Morgan fingerprint density at radius 2 is 1.68 bits per heavy atom. The summed E-state index contributed by atoms with van der Waals surface area (Å²) in [6, 6.07) is 8.70. The number of nitrogens with zero attached hydrogens (tertiary/aromatic N) is 1. The number of pyridine rings is 2. The molecule has 7 heteroatoms. The van der Waals surface area contributed by atoms with Crippen molar-refractivity contribution in [1.29, 1.82) is 0 Å². The molecule has 100 valence electrons. The number of thiophene rings is 1. The molecule has 0 aliphatic heterocycles. The van der Waals surface area contributed by atoms with E-state index in [-0.39, 0.29) is 0 Å². The number of fused-ring (bicyclic) bond motifs is 3. The second-order valence-electron chi connectivity index (χ2n) is 3.90. The van der Waals surface area contributed by atoms with Crippen molar-refractivity contribution in [2.75, 3.05) is 0 Å². The third-order valence-electron chi connectivity index (χ3n) is 2.48. The third kappa shape index (κ3) is 3.84. The summed E-state index contributed by atoms with van der Waals surface area (Å²) < 4.78 is 37.5. The van der Waals surface area contributed by atoms with Crippen LogP contribution in [0.3, 0.4) is 0 Å². The summed E-state index contributed by atoms with van der Waals surface area (Å²) in [4.78, 5) is 0. The second kappa shape index (κ2) is 5.38. The molecule has 0 aliphatic rings. The van der Waals surface area contributed by atoms with Crippen molar-refractivity contribution in [3.63, 3.8) is 0 Å². The number of halogens is 1. The molecule has 0 aliphatic carbocycles. The fraction of sp³-hybridized carbons (Fsp3) is 0.0833. The molecule has 3 aromatic heterocycles. The molecule has 0 spiro atoms. The minimum Gasteiger partial charge on any atom is -0.222 e. The van der Waals surface area contributed by atoms with Crippen molar-refractivity contribution >= 4 is 26.9 Å². The normalized spacial score (nSPS) is 11.4. The van der Waals surface area contributed by atoms with E-state index in [1.54, 1.807) is 11.3 Å². The minimum atomic E-state index is -4.94. The Balaban J connectivity index is 0.000000232. The van der Waals surface area contributed by atoms with Gasteiger partial charge < -0.3 is 0 Å². The standard InChI is InChI=1S/C12H10NS.ClHO4/c1-9-2-5-13-6-3-10-4-7-14-12(10)11(13)8-9;2-1(3,4)5/h2-8H,1H3;(H,2,3,4,5)/q+1;/p-1. The lowest BCUT2D eigenvalue weighted by atomic mass is 10.2. The monoisotopic (exact) mass is 299 g/mol. The van der Waals surface area contributed by atoms with Crippen molar-refractivity contribution in [3.05, 3.63) is 47.6 Å². The topological polar surface area (TPSA) is 96.3 Å². The molecule has 0 fully saturated rings. The van der Waals surface area contributed by atoms with E-state index in [0.717, 1.165) is 0 Å². The van der Waals surface area contributed by atoms with E-state index in [2.05, 4.69) is 53.4 Å². The van der Waals surface area contributed by atoms with Gasteiger partial charge in [0.25, 0.3) is 0 Å². The van der Waals surface area contributed by atoms with Crippen molar-refractivity contribution in [3.8, 4) is 0 Å². The van der Waals surface area contributed by atoms with Gasteiger partial charge in [0.15, 0.2) is 12.4 Å². The molecule has 3 heterocycles. The van der Waals surface area contributed by atoms with Gasteiger partial charge in [0.1, 0.15) is 4.70 Å². The SMILES string of the molecule is Cc1cc[n+]2ccc3ccsc3c2c1.[O-][Cl+3]([O-])([O-])[O-]. The number of rotatable bonds is 0. The van der Waals surface area contributed by atoms with Crippen LogP contribution in [0, 0.1) is 17.2 Å². The van der Waals surface area contributed by atoms with Crippen LogP contribution < -0.4 is 23.0 Å². The summed E-state index contributed by atoms with van der Waals surface area (Å²) in [5.74, 6) is 0. The first-order valence-electron chi connectivity index (χ1n) is 5.24. The molecule has 0 unspecified atom stereocenters. The van der Waals surface area contributed by atoms with Gasteiger partial charge in [-0.1, -0.05) is 0 Å². The maximum absolute atomic E-state index is 8.49. The molecule has 3 aromatic rings. The molecule has 5 nitrogen and oxygen atoms in total. The molecule has 3 rings (SSSR count). The maximum atomic E-state index is 8.49. The molecule has 0 atom stereocenters. The molecular formula is C12H10ClNO4S. The van der Waals surface area contributed by atoms with Gasteiger partial charge in [0.05, 0.1) is 0 Å². The quantitative estimate of drug-likeness (QED) is 0.457. The van der Waals surface area contributed by atoms with Crippen LogP contribution in [-0.4, -0.2) is 0 Å². The summed E-state index contributed by atoms with van der Waals surface area (Å²) in [6.07, 6.45) is 4.23. The van der Waals surface area contributed by atoms with Gasteiger partial charge in [0, 0.05) is 23.6 Å². The van der Waals surface area contributed by atoms with Gasteiger partial charge >= 0.3 is 0 Å².